The molecule has 0 rings (SSSR count). The van der Waals surface area contributed by atoms with Crippen molar-refractivity contribution in [3.63, 3.8) is 0 Å². The summed E-state index contributed by atoms with van der Waals surface area (Å²) in [5.41, 5.74) is 5.58. The molecule has 1 amide bonds. The van der Waals surface area contributed by atoms with Gasteiger partial charge in [0.05, 0.1) is 0 Å². The third-order valence-electron chi connectivity index (χ3n) is 1.01. The van der Waals surface area contributed by atoms with Gasteiger partial charge in [-0.1, -0.05) is 19.2 Å². The van der Waals surface area contributed by atoms with Gasteiger partial charge in [-0.05, 0) is 5.57 Å². The second-order valence-corrected chi connectivity index (χ2v) is 1.67. The molecule has 0 radical (unpaired) electrons. The first-order valence-electron chi connectivity index (χ1n) is 2.71. The number of nitrogens with zero attached hydrogens (tertiary/aromatic N) is 1. The fraction of sp³-hybridized carbons (Fsp3) is 0.143. The summed E-state index contributed by atoms with van der Waals surface area (Å²) in [5, 5.41) is 0. The zero-order chi connectivity index (χ0) is 8.15. The average Bonchev–Trinajstić information content (AvgIpc) is 1.88. The van der Waals surface area contributed by atoms with Crippen LogP contribution >= 0.6 is 0 Å². The lowest BCUT2D eigenvalue weighted by Crippen LogP contribution is -2.23. The van der Waals surface area contributed by atoms with Gasteiger partial charge in [-0.3, -0.25) is 9.79 Å². The second-order valence-electron chi connectivity index (χ2n) is 1.67. The van der Waals surface area contributed by atoms with Gasteiger partial charge in [-0.2, -0.15) is 0 Å². The Balaban J connectivity index is 4.54. The molecule has 0 aliphatic carbocycles. The average molecular weight is 138 g/mol. The number of amides is 1. The maximum Gasteiger partial charge on any atom is 0.267 e. The molecule has 0 atom stereocenters. The van der Waals surface area contributed by atoms with Gasteiger partial charge >= 0.3 is 0 Å². The molecule has 10 heavy (non-hydrogen) atoms. The Labute approximate surface area is 59.9 Å². The van der Waals surface area contributed by atoms with E-state index in [0.29, 0.717) is 5.57 Å². The van der Waals surface area contributed by atoms with Crippen LogP contribution in [-0.4, -0.2) is 18.7 Å². The van der Waals surface area contributed by atoms with Crippen molar-refractivity contribution in [2.75, 3.05) is 7.05 Å². The first kappa shape index (κ1) is 8.62. The van der Waals surface area contributed by atoms with Crippen LogP contribution in [0, 0.1) is 0 Å². The van der Waals surface area contributed by atoms with Gasteiger partial charge in [0, 0.05) is 7.05 Å². The Morgan fingerprint density at radius 3 is 2.30 bits per heavy atom. The van der Waals surface area contributed by atoms with Gasteiger partial charge in [-0.15, -0.1) is 0 Å². The van der Waals surface area contributed by atoms with Crippen LogP contribution in [0.5, 0.6) is 0 Å². The first-order valence-corrected chi connectivity index (χ1v) is 2.71. The molecular weight excluding hydrogens is 128 g/mol. The topological polar surface area (TPSA) is 55.4 Å². The molecule has 54 valence electrons. The summed E-state index contributed by atoms with van der Waals surface area (Å²) in [6.07, 6.45) is 1.44. The van der Waals surface area contributed by atoms with Gasteiger partial charge in [0.15, 0.2) is 0 Å². The third kappa shape index (κ3) is 1.85. The van der Waals surface area contributed by atoms with E-state index in [0.717, 1.165) is 0 Å². The largest absolute Gasteiger partial charge is 0.364 e. The zero-order valence-corrected chi connectivity index (χ0v) is 5.92. The lowest BCUT2D eigenvalue weighted by molar-refractivity contribution is -0.111. The zero-order valence-electron chi connectivity index (χ0n) is 5.92. The number of aliphatic imine (C=N–C) groups is 1. The van der Waals surface area contributed by atoms with E-state index in [2.05, 4.69) is 18.2 Å². The van der Waals surface area contributed by atoms with Crippen LogP contribution in [0.3, 0.4) is 0 Å². The molecule has 0 unspecified atom stereocenters. The Morgan fingerprint density at radius 1 is 1.70 bits per heavy atom. The quantitative estimate of drug-likeness (QED) is 0.442. The lowest BCUT2D eigenvalue weighted by Gasteiger charge is -1.97. The van der Waals surface area contributed by atoms with Crippen molar-refractivity contribution >= 4 is 11.6 Å². The van der Waals surface area contributed by atoms with Crippen LogP contribution in [0.1, 0.15) is 0 Å². The number of allylic oxidation sites excluding steroid dienone is 1. The maximum absolute atomic E-state index is 10.5. The molecule has 0 saturated heterocycles. The Kier molecular flexibility index (Phi) is 3.11. The van der Waals surface area contributed by atoms with Crippen LogP contribution in [0.25, 0.3) is 0 Å². The van der Waals surface area contributed by atoms with Crippen molar-refractivity contribution in [1.29, 1.82) is 0 Å². The molecule has 0 fully saturated rings. The number of hydrogen-bond donors (Lipinski definition) is 1. The summed E-state index contributed by atoms with van der Waals surface area (Å²) in [4.78, 5) is 14.1. The summed E-state index contributed by atoms with van der Waals surface area (Å²) < 4.78 is 0. The second kappa shape index (κ2) is 3.61. The first-order chi connectivity index (χ1) is 4.63. The summed E-state index contributed by atoms with van der Waals surface area (Å²) in [6.45, 7) is 6.94. The van der Waals surface area contributed by atoms with Crippen molar-refractivity contribution < 1.29 is 4.79 Å². The van der Waals surface area contributed by atoms with E-state index in [9.17, 15) is 4.79 Å². The number of carbonyl (C=O) groups is 1. The summed E-state index contributed by atoms with van der Waals surface area (Å²) >= 11 is 0. The predicted octanol–water partition coefficient (Wildman–Crippen LogP) is 0.285. The maximum atomic E-state index is 10.5. The predicted molar refractivity (Wildman–Crippen MR) is 41.9 cm³/mol. The molecule has 0 aromatic carbocycles. The molecule has 3 nitrogen and oxygen atoms in total. The van der Waals surface area contributed by atoms with Crippen molar-refractivity contribution in [2.24, 2.45) is 10.7 Å². The van der Waals surface area contributed by atoms with Crippen LogP contribution in [-0.2, 0) is 4.79 Å². The molecule has 0 aromatic heterocycles. The highest BCUT2D eigenvalue weighted by Crippen LogP contribution is 1.94. The van der Waals surface area contributed by atoms with Crippen LogP contribution in [0.4, 0.5) is 0 Å². The number of primary amides is 1. The van der Waals surface area contributed by atoms with E-state index in [4.69, 9.17) is 5.73 Å². The normalized spacial score (nSPS) is 10.7. The molecule has 0 bridgehead atoms. The van der Waals surface area contributed by atoms with E-state index >= 15 is 0 Å². The third-order valence-corrected chi connectivity index (χ3v) is 1.01. The van der Waals surface area contributed by atoms with Crippen LogP contribution in [0.2, 0.25) is 0 Å². The smallest absolute Gasteiger partial charge is 0.267 e. The summed E-state index contributed by atoms with van der Waals surface area (Å²) in [7, 11) is 1.48. The molecule has 0 spiro atoms. The number of hydrogen-bond acceptors (Lipinski definition) is 2. The van der Waals surface area contributed by atoms with E-state index in [1.807, 2.05) is 0 Å². The Hall–Kier alpha value is -1.38. The van der Waals surface area contributed by atoms with Crippen LogP contribution in [0.15, 0.2) is 29.8 Å². The highest BCUT2D eigenvalue weighted by Gasteiger charge is 2.05. The lowest BCUT2D eigenvalue weighted by atomic mass is 10.2. The van der Waals surface area contributed by atoms with Crippen molar-refractivity contribution in [3.05, 3.63) is 24.8 Å². The van der Waals surface area contributed by atoms with Crippen LogP contribution < -0.4 is 5.73 Å². The van der Waals surface area contributed by atoms with Gasteiger partial charge < -0.3 is 5.73 Å². The number of rotatable bonds is 3. The molecule has 0 aliphatic heterocycles. The van der Waals surface area contributed by atoms with Crippen molar-refractivity contribution in [2.45, 2.75) is 0 Å². The number of carbonyl (C=O) groups excluding carboxylic acids is 1. The fourth-order valence-corrected chi connectivity index (χ4v) is 0.509. The highest BCUT2D eigenvalue weighted by molar-refractivity contribution is 6.45. The van der Waals surface area contributed by atoms with Crippen molar-refractivity contribution in [1.82, 2.24) is 0 Å². The molecule has 0 saturated carbocycles. The molecule has 2 N–H and O–H groups in total. The van der Waals surface area contributed by atoms with E-state index in [1.165, 1.54) is 13.1 Å². The fourth-order valence-electron chi connectivity index (χ4n) is 0.509. The van der Waals surface area contributed by atoms with Gasteiger partial charge in [0.1, 0.15) is 5.71 Å². The molecule has 0 heterocycles. The summed E-state index contributed by atoms with van der Waals surface area (Å²) in [5.74, 6) is -0.576. The van der Waals surface area contributed by atoms with Gasteiger partial charge in [0.2, 0.25) is 0 Å². The SMILES string of the molecule is C=CC(=C)C(=NC)C(N)=O. The monoisotopic (exact) mass is 138 g/mol. The van der Waals surface area contributed by atoms with Gasteiger partial charge in [-0.25, -0.2) is 0 Å². The van der Waals surface area contributed by atoms with E-state index in [1.54, 1.807) is 0 Å². The standard InChI is InChI=1S/C7H10N2O/c1-4-5(2)6(9-3)7(8)10/h4H,1-2H2,3H3,(H2,8,10). The minimum Gasteiger partial charge on any atom is -0.364 e. The van der Waals surface area contributed by atoms with Gasteiger partial charge in [0.25, 0.3) is 5.91 Å². The summed E-state index contributed by atoms with van der Waals surface area (Å²) in [6, 6.07) is 0. The molecule has 3 heteroatoms. The molecular formula is C7H10N2O. The molecule has 0 aromatic rings. The minimum atomic E-state index is -0.576. The highest BCUT2D eigenvalue weighted by atomic mass is 16.1. The number of nitrogens with two attached hydrogens (primary N) is 1. The van der Waals surface area contributed by atoms with Crippen molar-refractivity contribution in [3.8, 4) is 0 Å². The minimum absolute atomic E-state index is 0.176. The Morgan fingerprint density at radius 2 is 2.20 bits per heavy atom. The Bertz CT molecular complexity index is 204. The molecule has 0 aliphatic rings. The van der Waals surface area contributed by atoms with E-state index in [-0.39, 0.29) is 5.71 Å². The van der Waals surface area contributed by atoms with E-state index < -0.39 is 5.91 Å².